The highest BCUT2D eigenvalue weighted by atomic mass is 32.2. The molecule has 2 aromatic rings. The van der Waals surface area contributed by atoms with Crippen LogP contribution in [0.4, 0.5) is 8.78 Å². The normalized spacial score (nSPS) is 16.2. The van der Waals surface area contributed by atoms with Crippen molar-refractivity contribution >= 4 is 34.7 Å². The van der Waals surface area contributed by atoms with E-state index in [1.807, 2.05) is 0 Å². The lowest BCUT2D eigenvalue weighted by molar-refractivity contribution is -0.137. The molecule has 0 aromatic carbocycles. The molecule has 36 heavy (non-hydrogen) atoms. The Kier molecular flexibility index (Phi) is 9.32. The molecule has 1 amide bonds. The Balaban J connectivity index is 1.86. The number of amides is 1. The van der Waals surface area contributed by atoms with E-state index in [-0.39, 0.29) is 46.8 Å². The van der Waals surface area contributed by atoms with E-state index < -0.39 is 16.5 Å². The van der Waals surface area contributed by atoms with Crippen molar-refractivity contribution in [3.05, 3.63) is 47.4 Å². The standard InChI is InChI=1S/C24H26F2N6O3S/c1-4-7-35-20-15-29-19(14-30-20)18(25)11-16-10-17(21(26)31-13-16)12-24(2,36-23(27)28-3)22(33)32-5-8-34-9-6-32/h1,10-11,13-15H,5-9,12H2,2-3H3,(H2,27,28)/b18-11-/t24-/m1/s1. The molecule has 0 saturated carbocycles. The third kappa shape index (κ3) is 6.99. The van der Waals surface area contributed by atoms with E-state index in [2.05, 4.69) is 25.9 Å². The number of thioether (sulfide) groups is 1. The average Bonchev–Trinajstić information content (AvgIpc) is 2.89. The monoisotopic (exact) mass is 516 g/mol. The Morgan fingerprint density at radius 2 is 2.11 bits per heavy atom. The van der Waals surface area contributed by atoms with Crippen LogP contribution in [-0.2, 0) is 16.0 Å². The van der Waals surface area contributed by atoms with Crippen LogP contribution < -0.4 is 10.5 Å². The first-order valence-electron chi connectivity index (χ1n) is 10.9. The molecule has 1 atom stereocenters. The zero-order chi connectivity index (χ0) is 26.1. The number of morpholine rings is 1. The van der Waals surface area contributed by atoms with Gasteiger partial charge in [-0.2, -0.15) is 4.39 Å². The molecule has 1 saturated heterocycles. The summed E-state index contributed by atoms with van der Waals surface area (Å²) in [5.74, 6) is 0.746. The SMILES string of the molecule is C#CCOc1cnc(/C(F)=C/c2cnc(F)c(C[C@@](C)(SC(N)=NC)C(=O)N3CCOCC3)c2)cn1. The number of nitrogens with zero attached hydrogens (tertiary/aromatic N) is 5. The summed E-state index contributed by atoms with van der Waals surface area (Å²) in [5.41, 5.74) is 6.29. The van der Waals surface area contributed by atoms with Gasteiger partial charge in [0, 0.05) is 38.3 Å². The second kappa shape index (κ2) is 12.4. The fraction of sp³-hybridized carbons (Fsp3) is 0.375. The number of pyridine rings is 1. The summed E-state index contributed by atoms with van der Waals surface area (Å²) in [6.45, 7) is 3.35. The molecule has 1 fully saturated rings. The molecule has 3 rings (SSSR count). The third-order valence-electron chi connectivity index (χ3n) is 5.23. The number of aromatic nitrogens is 3. The Morgan fingerprint density at radius 1 is 1.36 bits per heavy atom. The van der Waals surface area contributed by atoms with E-state index in [0.717, 1.165) is 17.8 Å². The van der Waals surface area contributed by atoms with Gasteiger partial charge in [0.25, 0.3) is 0 Å². The molecule has 1 aliphatic rings. The fourth-order valence-corrected chi connectivity index (χ4v) is 4.46. The van der Waals surface area contributed by atoms with Gasteiger partial charge in [0.15, 0.2) is 17.6 Å². The molecule has 2 aromatic heterocycles. The van der Waals surface area contributed by atoms with E-state index in [0.29, 0.717) is 26.3 Å². The second-order valence-electron chi connectivity index (χ2n) is 7.92. The maximum atomic E-state index is 14.8. The summed E-state index contributed by atoms with van der Waals surface area (Å²) in [6, 6.07) is 1.43. The van der Waals surface area contributed by atoms with Gasteiger partial charge < -0.3 is 20.1 Å². The van der Waals surface area contributed by atoms with Gasteiger partial charge in [-0.05, 0) is 24.6 Å². The smallest absolute Gasteiger partial charge is 0.239 e. The average molecular weight is 517 g/mol. The number of halogens is 2. The molecule has 0 bridgehead atoms. The lowest BCUT2D eigenvalue weighted by atomic mass is 9.98. The van der Waals surface area contributed by atoms with Gasteiger partial charge >= 0.3 is 0 Å². The van der Waals surface area contributed by atoms with E-state index in [1.165, 1.54) is 31.7 Å². The summed E-state index contributed by atoms with van der Waals surface area (Å²) in [4.78, 5) is 30.7. The van der Waals surface area contributed by atoms with Crippen LogP contribution in [0.15, 0.2) is 29.6 Å². The maximum Gasteiger partial charge on any atom is 0.239 e. The van der Waals surface area contributed by atoms with E-state index >= 15 is 0 Å². The number of terminal acetylenes is 1. The van der Waals surface area contributed by atoms with Gasteiger partial charge in [0.2, 0.25) is 17.7 Å². The highest BCUT2D eigenvalue weighted by molar-refractivity contribution is 8.15. The molecule has 0 unspecified atom stereocenters. The first-order valence-corrected chi connectivity index (χ1v) is 11.8. The van der Waals surface area contributed by atoms with Crippen molar-refractivity contribution in [3.8, 4) is 18.2 Å². The first kappa shape index (κ1) is 27.0. The Labute approximate surface area is 212 Å². The number of carbonyl (C=O) groups excluding carboxylic acids is 1. The summed E-state index contributed by atoms with van der Waals surface area (Å²) < 4.78 is 38.8. The van der Waals surface area contributed by atoms with E-state index in [9.17, 15) is 13.6 Å². The third-order valence-corrected chi connectivity index (χ3v) is 6.39. The first-order chi connectivity index (χ1) is 17.3. The molecule has 190 valence electrons. The molecule has 0 spiro atoms. The lowest BCUT2D eigenvalue weighted by Crippen LogP contribution is -2.51. The van der Waals surface area contributed by atoms with Crippen molar-refractivity contribution in [2.24, 2.45) is 10.7 Å². The van der Waals surface area contributed by atoms with Crippen LogP contribution in [0, 0.1) is 18.3 Å². The zero-order valence-electron chi connectivity index (χ0n) is 19.9. The lowest BCUT2D eigenvalue weighted by Gasteiger charge is -2.35. The van der Waals surface area contributed by atoms with Crippen LogP contribution in [0.1, 0.15) is 23.7 Å². The number of amidine groups is 1. The predicted molar refractivity (Wildman–Crippen MR) is 134 cm³/mol. The molecular formula is C24H26F2N6O3S. The fourth-order valence-electron chi connectivity index (χ4n) is 3.46. The maximum absolute atomic E-state index is 14.8. The summed E-state index contributed by atoms with van der Waals surface area (Å²) in [7, 11) is 1.51. The predicted octanol–water partition coefficient (Wildman–Crippen LogP) is 2.33. The van der Waals surface area contributed by atoms with Crippen molar-refractivity contribution in [3.63, 3.8) is 0 Å². The molecule has 12 heteroatoms. The minimum absolute atomic E-state index is 0.0113. The number of hydrogen-bond acceptors (Lipinski definition) is 8. The minimum atomic E-state index is -1.18. The van der Waals surface area contributed by atoms with Crippen LogP contribution in [0.25, 0.3) is 11.9 Å². The van der Waals surface area contributed by atoms with Crippen LogP contribution in [0.3, 0.4) is 0 Å². The molecule has 1 aliphatic heterocycles. The molecule has 9 nitrogen and oxygen atoms in total. The largest absolute Gasteiger partial charge is 0.463 e. The number of rotatable bonds is 8. The van der Waals surface area contributed by atoms with Gasteiger partial charge in [-0.25, -0.2) is 19.3 Å². The Hall–Kier alpha value is -3.56. The van der Waals surface area contributed by atoms with E-state index in [1.54, 1.807) is 11.8 Å². The highest BCUT2D eigenvalue weighted by Crippen LogP contribution is 2.33. The van der Waals surface area contributed by atoms with Crippen molar-refractivity contribution in [2.45, 2.75) is 18.1 Å². The van der Waals surface area contributed by atoms with Gasteiger partial charge in [0.1, 0.15) is 10.4 Å². The number of carbonyl (C=O) groups is 1. The van der Waals surface area contributed by atoms with Gasteiger partial charge in [-0.15, -0.1) is 6.42 Å². The van der Waals surface area contributed by atoms with Crippen molar-refractivity contribution < 1.29 is 23.0 Å². The van der Waals surface area contributed by atoms with Crippen LogP contribution in [0.2, 0.25) is 0 Å². The topological polar surface area (TPSA) is 116 Å². The quantitative estimate of drug-likeness (QED) is 0.246. The Bertz CT molecular complexity index is 1180. The van der Waals surface area contributed by atoms with Gasteiger partial charge in [-0.3, -0.25) is 9.79 Å². The van der Waals surface area contributed by atoms with Crippen molar-refractivity contribution in [1.29, 1.82) is 0 Å². The number of hydrogen-bond donors (Lipinski definition) is 1. The second-order valence-corrected chi connectivity index (χ2v) is 9.44. The molecule has 0 radical (unpaired) electrons. The van der Waals surface area contributed by atoms with Crippen LogP contribution >= 0.6 is 11.8 Å². The molecular weight excluding hydrogens is 490 g/mol. The van der Waals surface area contributed by atoms with Gasteiger partial charge in [0.05, 0.1) is 25.6 Å². The Morgan fingerprint density at radius 3 is 2.75 bits per heavy atom. The summed E-state index contributed by atoms with van der Waals surface area (Å²) >= 11 is 1.05. The summed E-state index contributed by atoms with van der Waals surface area (Å²) in [5, 5.41) is 0.183. The number of aliphatic imine (C=N–C) groups is 1. The van der Waals surface area contributed by atoms with Crippen molar-refractivity contribution in [1.82, 2.24) is 19.9 Å². The van der Waals surface area contributed by atoms with E-state index in [4.69, 9.17) is 21.6 Å². The number of nitrogens with two attached hydrogens (primary N) is 1. The van der Waals surface area contributed by atoms with Gasteiger partial charge in [-0.1, -0.05) is 17.7 Å². The molecule has 2 N–H and O–H groups in total. The molecule has 0 aliphatic carbocycles. The number of ether oxygens (including phenoxy) is 2. The highest BCUT2D eigenvalue weighted by Gasteiger charge is 2.40. The minimum Gasteiger partial charge on any atom is -0.463 e. The van der Waals surface area contributed by atoms with Crippen LogP contribution in [0.5, 0.6) is 5.88 Å². The zero-order valence-corrected chi connectivity index (χ0v) is 20.7. The van der Waals surface area contributed by atoms with Crippen molar-refractivity contribution in [2.75, 3.05) is 40.0 Å². The molecule has 3 heterocycles. The van der Waals surface area contributed by atoms with Crippen LogP contribution in [-0.4, -0.2) is 75.6 Å². The summed E-state index contributed by atoms with van der Waals surface area (Å²) in [6.07, 6.45) is 9.85.